The van der Waals surface area contributed by atoms with Crippen molar-refractivity contribution in [2.45, 2.75) is 32.2 Å². The topological polar surface area (TPSA) is 49.3 Å². The molecule has 1 atom stereocenters. The molecule has 0 radical (unpaired) electrons. The van der Waals surface area contributed by atoms with E-state index in [1.54, 1.807) is 0 Å². The molecule has 16 heavy (non-hydrogen) atoms. The van der Waals surface area contributed by atoms with Gasteiger partial charge in [0.15, 0.2) is 0 Å². The molecular formula is C13H17NO2. The molecule has 1 unspecified atom stereocenters. The number of nitrogens with one attached hydrogen (secondary N) is 1. The number of benzene rings is 1. The summed E-state index contributed by atoms with van der Waals surface area (Å²) < 4.78 is 0. The van der Waals surface area contributed by atoms with Gasteiger partial charge in [-0.25, -0.2) is 0 Å². The normalized spacial score (nSPS) is 16.6. The number of carboxylic acids is 1. The molecule has 1 aliphatic heterocycles. The second-order valence-electron chi connectivity index (χ2n) is 4.45. The third-order valence-electron chi connectivity index (χ3n) is 3.17. The van der Waals surface area contributed by atoms with Crippen LogP contribution >= 0.6 is 0 Å². The summed E-state index contributed by atoms with van der Waals surface area (Å²) in [5, 5.41) is 12.1. The van der Waals surface area contributed by atoms with Gasteiger partial charge in [0, 0.05) is 6.54 Å². The smallest absolute Gasteiger partial charge is 0.303 e. The van der Waals surface area contributed by atoms with E-state index < -0.39 is 5.97 Å². The Morgan fingerprint density at radius 2 is 2.31 bits per heavy atom. The van der Waals surface area contributed by atoms with Crippen molar-refractivity contribution in [2.24, 2.45) is 0 Å². The van der Waals surface area contributed by atoms with Crippen LogP contribution in [0.3, 0.4) is 0 Å². The molecule has 1 aliphatic rings. The van der Waals surface area contributed by atoms with Crippen LogP contribution in [-0.4, -0.2) is 17.6 Å². The maximum atomic E-state index is 10.7. The third kappa shape index (κ3) is 2.42. The van der Waals surface area contributed by atoms with E-state index in [0.717, 1.165) is 25.1 Å². The summed E-state index contributed by atoms with van der Waals surface area (Å²) in [6, 6.07) is 6.36. The van der Waals surface area contributed by atoms with E-state index in [-0.39, 0.29) is 12.3 Å². The molecule has 3 nitrogen and oxygen atoms in total. The average molecular weight is 219 g/mol. The van der Waals surface area contributed by atoms with Crippen LogP contribution in [0.1, 0.15) is 36.0 Å². The van der Waals surface area contributed by atoms with Gasteiger partial charge in [0.2, 0.25) is 0 Å². The lowest BCUT2D eigenvalue weighted by atomic mass is 9.92. The molecule has 0 fully saturated rings. The average Bonchev–Trinajstić information content (AvgIpc) is 2.27. The molecule has 86 valence electrons. The van der Waals surface area contributed by atoms with E-state index in [1.165, 1.54) is 11.1 Å². The number of carboxylic acid groups (broad SMARTS) is 1. The molecule has 0 amide bonds. The molecule has 0 saturated carbocycles. The second kappa shape index (κ2) is 4.66. The lowest BCUT2D eigenvalue weighted by Gasteiger charge is -2.19. The van der Waals surface area contributed by atoms with Crippen LogP contribution in [0.25, 0.3) is 0 Å². The zero-order valence-electron chi connectivity index (χ0n) is 9.49. The first-order valence-corrected chi connectivity index (χ1v) is 5.71. The Labute approximate surface area is 95.5 Å². The Morgan fingerprint density at radius 3 is 3.06 bits per heavy atom. The molecule has 0 bridgehead atoms. The number of rotatable bonds is 3. The molecule has 1 aromatic carbocycles. The summed E-state index contributed by atoms with van der Waals surface area (Å²) in [5.74, 6) is -0.645. The van der Waals surface area contributed by atoms with E-state index >= 15 is 0 Å². The third-order valence-corrected chi connectivity index (χ3v) is 3.17. The number of hydrogen-bond donors (Lipinski definition) is 2. The van der Waals surface area contributed by atoms with Crippen molar-refractivity contribution in [2.75, 3.05) is 6.54 Å². The van der Waals surface area contributed by atoms with Gasteiger partial charge in [-0.15, -0.1) is 0 Å². The van der Waals surface area contributed by atoms with Gasteiger partial charge in [0.05, 0.1) is 6.42 Å². The Kier molecular flexibility index (Phi) is 3.25. The molecule has 0 spiro atoms. The van der Waals surface area contributed by atoms with Crippen LogP contribution in [0.2, 0.25) is 0 Å². The Balaban J connectivity index is 2.19. The van der Waals surface area contributed by atoms with Gasteiger partial charge in [0.25, 0.3) is 0 Å². The minimum atomic E-state index is -0.733. The number of aliphatic carboxylic acids is 1. The van der Waals surface area contributed by atoms with Crippen LogP contribution in [-0.2, 0) is 17.8 Å². The Morgan fingerprint density at radius 1 is 1.50 bits per heavy atom. The van der Waals surface area contributed by atoms with Crippen molar-refractivity contribution < 1.29 is 9.90 Å². The largest absolute Gasteiger partial charge is 0.481 e. The van der Waals surface area contributed by atoms with Gasteiger partial charge in [-0.1, -0.05) is 25.1 Å². The van der Waals surface area contributed by atoms with Crippen LogP contribution < -0.4 is 5.32 Å². The quantitative estimate of drug-likeness (QED) is 0.816. The minimum absolute atomic E-state index is 0.0877. The molecule has 2 rings (SSSR count). The zero-order chi connectivity index (χ0) is 11.5. The predicted molar refractivity (Wildman–Crippen MR) is 62.5 cm³/mol. The zero-order valence-corrected chi connectivity index (χ0v) is 9.49. The number of fused-ring (bicyclic) bond motifs is 1. The fraction of sp³-hybridized carbons (Fsp3) is 0.462. The van der Waals surface area contributed by atoms with Crippen molar-refractivity contribution in [3.8, 4) is 0 Å². The molecular weight excluding hydrogens is 202 g/mol. The van der Waals surface area contributed by atoms with Crippen LogP contribution in [0, 0.1) is 0 Å². The van der Waals surface area contributed by atoms with E-state index in [0.29, 0.717) is 0 Å². The van der Waals surface area contributed by atoms with E-state index in [2.05, 4.69) is 23.5 Å². The second-order valence-corrected chi connectivity index (χ2v) is 4.45. The minimum Gasteiger partial charge on any atom is -0.481 e. The number of carbonyl (C=O) groups is 1. The molecule has 3 heteroatoms. The van der Waals surface area contributed by atoms with Crippen molar-refractivity contribution in [1.82, 2.24) is 5.32 Å². The highest BCUT2D eigenvalue weighted by atomic mass is 16.4. The van der Waals surface area contributed by atoms with Crippen LogP contribution in [0.5, 0.6) is 0 Å². The predicted octanol–water partition coefficient (Wildman–Crippen LogP) is 1.91. The lowest BCUT2D eigenvalue weighted by Crippen LogP contribution is -2.23. The van der Waals surface area contributed by atoms with Crippen LogP contribution in [0.15, 0.2) is 18.2 Å². The first-order chi connectivity index (χ1) is 7.66. The fourth-order valence-electron chi connectivity index (χ4n) is 2.19. The summed E-state index contributed by atoms with van der Waals surface area (Å²) in [7, 11) is 0. The summed E-state index contributed by atoms with van der Waals surface area (Å²) in [4.78, 5) is 10.7. The molecule has 1 aromatic rings. The summed E-state index contributed by atoms with van der Waals surface area (Å²) in [6.07, 6.45) is 1.27. The van der Waals surface area contributed by atoms with E-state index in [9.17, 15) is 4.79 Å². The van der Waals surface area contributed by atoms with Gasteiger partial charge < -0.3 is 10.4 Å². The first-order valence-electron chi connectivity index (χ1n) is 5.71. The van der Waals surface area contributed by atoms with Gasteiger partial charge >= 0.3 is 5.97 Å². The molecule has 1 heterocycles. The van der Waals surface area contributed by atoms with Crippen molar-refractivity contribution >= 4 is 5.97 Å². The SMILES string of the molecule is CC(CC(=O)O)c1ccc2c(c1)CNCC2. The molecule has 0 aromatic heterocycles. The molecule has 0 saturated heterocycles. The fourth-order valence-corrected chi connectivity index (χ4v) is 2.19. The number of hydrogen-bond acceptors (Lipinski definition) is 2. The van der Waals surface area contributed by atoms with Crippen molar-refractivity contribution in [3.63, 3.8) is 0 Å². The summed E-state index contributed by atoms with van der Waals surface area (Å²) in [5.41, 5.74) is 3.84. The summed E-state index contributed by atoms with van der Waals surface area (Å²) >= 11 is 0. The molecule has 2 N–H and O–H groups in total. The van der Waals surface area contributed by atoms with Gasteiger partial charge in [-0.3, -0.25) is 4.79 Å². The van der Waals surface area contributed by atoms with Crippen molar-refractivity contribution in [1.29, 1.82) is 0 Å². The highest BCUT2D eigenvalue weighted by Gasteiger charge is 2.13. The lowest BCUT2D eigenvalue weighted by molar-refractivity contribution is -0.137. The Hall–Kier alpha value is -1.35. The standard InChI is InChI=1S/C13H17NO2/c1-9(6-13(15)16)11-3-2-10-4-5-14-8-12(10)7-11/h2-3,7,9,14H,4-6,8H2,1H3,(H,15,16). The van der Waals surface area contributed by atoms with Crippen LogP contribution in [0.4, 0.5) is 0 Å². The molecule has 0 aliphatic carbocycles. The van der Waals surface area contributed by atoms with E-state index in [1.807, 2.05) is 6.92 Å². The first kappa shape index (κ1) is 11.1. The van der Waals surface area contributed by atoms with Gasteiger partial charge in [-0.2, -0.15) is 0 Å². The maximum absolute atomic E-state index is 10.7. The monoisotopic (exact) mass is 219 g/mol. The summed E-state index contributed by atoms with van der Waals surface area (Å²) in [6.45, 7) is 3.91. The highest BCUT2D eigenvalue weighted by Crippen LogP contribution is 2.23. The Bertz CT molecular complexity index is 401. The maximum Gasteiger partial charge on any atom is 0.303 e. The van der Waals surface area contributed by atoms with E-state index in [4.69, 9.17) is 5.11 Å². The van der Waals surface area contributed by atoms with Crippen molar-refractivity contribution in [3.05, 3.63) is 34.9 Å². The highest BCUT2D eigenvalue weighted by molar-refractivity contribution is 5.68. The van der Waals surface area contributed by atoms with Gasteiger partial charge in [-0.05, 0) is 35.6 Å². The van der Waals surface area contributed by atoms with Gasteiger partial charge in [0.1, 0.15) is 0 Å².